The normalized spacial score (nSPS) is 19.2. The quantitative estimate of drug-likeness (QED) is 0.473. The van der Waals surface area contributed by atoms with E-state index in [1.807, 2.05) is 0 Å². The van der Waals surface area contributed by atoms with Crippen molar-refractivity contribution in [1.29, 1.82) is 0 Å². The molecule has 0 aromatic heterocycles. The molecular formula is C23H24F4N4O. The largest absolute Gasteiger partial charge is 0.418 e. The third kappa shape index (κ3) is 4.93. The molecule has 32 heavy (non-hydrogen) atoms. The minimum absolute atomic E-state index is 0.0107. The summed E-state index contributed by atoms with van der Waals surface area (Å²) in [7, 11) is 0. The van der Waals surface area contributed by atoms with Gasteiger partial charge >= 0.3 is 6.18 Å². The Kier molecular flexibility index (Phi) is 6.45. The van der Waals surface area contributed by atoms with Gasteiger partial charge in [-0.2, -0.15) is 13.2 Å². The molecule has 0 aliphatic carbocycles. The molecular weight excluding hydrogens is 424 g/mol. The van der Waals surface area contributed by atoms with Crippen LogP contribution in [0, 0.1) is 5.82 Å². The molecule has 1 saturated heterocycles. The molecule has 0 spiro atoms. The van der Waals surface area contributed by atoms with E-state index < -0.39 is 29.4 Å². The molecule has 4 rings (SSSR count). The summed E-state index contributed by atoms with van der Waals surface area (Å²) in [5.41, 5.74) is -0.308. The van der Waals surface area contributed by atoms with Crippen molar-refractivity contribution in [3.05, 3.63) is 53.3 Å². The summed E-state index contributed by atoms with van der Waals surface area (Å²) in [5, 5.41) is 5.45. The average molecular weight is 448 g/mol. The highest BCUT2D eigenvalue weighted by Crippen LogP contribution is 2.38. The van der Waals surface area contributed by atoms with Crippen molar-refractivity contribution in [2.24, 2.45) is 4.99 Å². The number of likely N-dealkylation sites (tertiary alicyclic amines) is 1. The molecule has 0 bridgehead atoms. The molecule has 2 aliphatic heterocycles. The Labute approximate surface area is 183 Å². The first-order chi connectivity index (χ1) is 15.3. The van der Waals surface area contributed by atoms with Gasteiger partial charge in [0.25, 0.3) is 0 Å². The Morgan fingerprint density at radius 2 is 1.94 bits per heavy atom. The first kappa shape index (κ1) is 22.3. The number of nitrogens with zero attached hydrogens (tertiary/aromatic N) is 2. The highest BCUT2D eigenvalue weighted by Gasteiger charge is 2.34. The predicted octanol–water partition coefficient (Wildman–Crippen LogP) is 5.18. The van der Waals surface area contributed by atoms with E-state index in [0.29, 0.717) is 18.8 Å². The fourth-order valence-corrected chi connectivity index (χ4v) is 4.14. The first-order valence-electron chi connectivity index (χ1n) is 10.6. The van der Waals surface area contributed by atoms with Crippen molar-refractivity contribution < 1.29 is 22.4 Å². The van der Waals surface area contributed by atoms with Crippen LogP contribution in [-0.4, -0.2) is 43.2 Å². The van der Waals surface area contributed by atoms with Crippen molar-refractivity contribution in [2.75, 3.05) is 36.8 Å². The second-order valence-corrected chi connectivity index (χ2v) is 8.00. The van der Waals surface area contributed by atoms with Crippen molar-refractivity contribution >= 4 is 29.2 Å². The molecule has 170 valence electrons. The van der Waals surface area contributed by atoms with Crippen LogP contribution < -0.4 is 10.6 Å². The number of hydrogen-bond donors (Lipinski definition) is 2. The number of rotatable bonds is 6. The van der Waals surface area contributed by atoms with Gasteiger partial charge in [0.15, 0.2) is 0 Å². The number of fused-ring (bicyclic) bond motifs is 1. The average Bonchev–Trinajstić information content (AvgIpc) is 3.09. The number of hydrogen-bond acceptors (Lipinski definition) is 4. The van der Waals surface area contributed by atoms with Crippen LogP contribution in [0.15, 0.2) is 41.4 Å². The number of amides is 1. The van der Waals surface area contributed by atoms with Crippen LogP contribution in [0.25, 0.3) is 0 Å². The Morgan fingerprint density at radius 1 is 1.16 bits per heavy atom. The molecule has 1 fully saturated rings. The summed E-state index contributed by atoms with van der Waals surface area (Å²) in [6.07, 6.45) is 0.0539. The maximum Gasteiger partial charge on any atom is 0.418 e. The summed E-state index contributed by atoms with van der Waals surface area (Å²) >= 11 is 0. The second-order valence-electron chi connectivity index (χ2n) is 8.00. The number of carbonyl (C=O) groups is 1. The Hall–Kier alpha value is -2.94. The van der Waals surface area contributed by atoms with Gasteiger partial charge in [0, 0.05) is 36.2 Å². The van der Waals surface area contributed by atoms with E-state index in [4.69, 9.17) is 0 Å². The number of alkyl halides is 3. The van der Waals surface area contributed by atoms with Gasteiger partial charge in [-0.3, -0.25) is 9.79 Å². The minimum Gasteiger partial charge on any atom is -0.383 e. The van der Waals surface area contributed by atoms with Gasteiger partial charge in [0.2, 0.25) is 5.91 Å². The molecule has 1 unspecified atom stereocenters. The minimum atomic E-state index is -4.57. The number of anilines is 2. The van der Waals surface area contributed by atoms with Crippen LogP contribution >= 0.6 is 0 Å². The summed E-state index contributed by atoms with van der Waals surface area (Å²) in [5.74, 6) is -2.04. The highest BCUT2D eigenvalue weighted by atomic mass is 19.4. The fraction of sp³-hybridized carbons (Fsp3) is 0.391. The smallest absolute Gasteiger partial charge is 0.383 e. The third-order valence-electron chi connectivity index (χ3n) is 5.78. The number of aliphatic imine (C=N–C) groups is 1. The Balaban J connectivity index is 1.50. The lowest BCUT2D eigenvalue weighted by Crippen LogP contribution is -2.33. The van der Waals surface area contributed by atoms with Gasteiger partial charge in [-0.05, 0) is 56.3 Å². The van der Waals surface area contributed by atoms with Gasteiger partial charge < -0.3 is 15.5 Å². The first-order valence-corrected chi connectivity index (χ1v) is 10.6. The van der Waals surface area contributed by atoms with Crippen LogP contribution in [0.5, 0.6) is 0 Å². The highest BCUT2D eigenvalue weighted by molar-refractivity contribution is 6.12. The lowest BCUT2D eigenvalue weighted by Gasteiger charge is -2.26. The van der Waals surface area contributed by atoms with Crippen LogP contribution in [0.2, 0.25) is 0 Å². The van der Waals surface area contributed by atoms with Crippen molar-refractivity contribution in [3.8, 4) is 0 Å². The molecule has 9 heteroatoms. The third-order valence-corrected chi connectivity index (χ3v) is 5.78. The van der Waals surface area contributed by atoms with Crippen LogP contribution in [0.3, 0.4) is 0 Å². The van der Waals surface area contributed by atoms with Gasteiger partial charge in [-0.25, -0.2) is 4.39 Å². The van der Waals surface area contributed by atoms with Crippen LogP contribution in [-0.2, 0) is 11.0 Å². The summed E-state index contributed by atoms with van der Waals surface area (Å²) in [6.45, 7) is 3.03. The zero-order valence-electron chi connectivity index (χ0n) is 17.4. The Morgan fingerprint density at radius 3 is 2.69 bits per heavy atom. The van der Waals surface area contributed by atoms with Crippen molar-refractivity contribution in [1.82, 2.24) is 4.90 Å². The van der Waals surface area contributed by atoms with Crippen molar-refractivity contribution in [3.63, 3.8) is 0 Å². The standard InChI is InChI=1S/C23H24F4N4O/c24-18-5-4-6-20-21(18)16(22(32)30-20)14-29-15-7-8-19(17(13-15)23(25,26)27)28-9-12-31-10-2-1-3-11-31/h4-8,13-14,16,28H,1-3,9-12H2,(H,30,32). The SMILES string of the molecule is O=C1Nc2cccc(F)c2C1C=Nc1ccc(NCCN2CCCCC2)c(C(F)(F)F)c1. The number of nitrogens with one attached hydrogen (secondary N) is 2. The molecule has 1 atom stereocenters. The van der Waals surface area contributed by atoms with E-state index in [0.717, 1.165) is 32.0 Å². The molecule has 2 aliphatic rings. The molecule has 1 amide bonds. The molecule has 0 saturated carbocycles. The molecule has 2 aromatic carbocycles. The van der Waals surface area contributed by atoms with E-state index in [1.165, 1.54) is 36.9 Å². The van der Waals surface area contributed by atoms with Gasteiger partial charge in [-0.15, -0.1) is 0 Å². The second kappa shape index (κ2) is 9.28. The van der Waals surface area contributed by atoms with E-state index in [2.05, 4.69) is 20.5 Å². The number of benzene rings is 2. The van der Waals surface area contributed by atoms with E-state index >= 15 is 0 Å². The number of carbonyl (C=O) groups excluding carboxylic acids is 1. The number of piperidine rings is 1. The topological polar surface area (TPSA) is 56.7 Å². The maximum atomic E-state index is 14.2. The summed E-state index contributed by atoms with van der Waals surface area (Å²) < 4.78 is 55.1. The summed E-state index contributed by atoms with van der Waals surface area (Å²) in [6, 6.07) is 8.00. The lowest BCUT2D eigenvalue weighted by atomic mass is 10.0. The molecule has 2 N–H and O–H groups in total. The molecule has 0 radical (unpaired) electrons. The number of halogens is 4. The van der Waals surface area contributed by atoms with Gasteiger partial charge in [0.05, 0.1) is 11.3 Å². The maximum absolute atomic E-state index is 14.2. The molecule has 5 nitrogen and oxygen atoms in total. The zero-order valence-corrected chi connectivity index (χ0v) is 17.4. The monoisotopic (exact) mass is 448 g/mol. The van der Waals surface area contributed by atoms with Crippen molar-refractivity contribution in [2.45, 2.75) is 31.4 Å². The molecule has 2 aromatic rings. The van der Waals surface area contributed by atoms with Crippen LogP contribution in [0.1, 0.15) is 36.3 Å². The van der Waals surface area contributed by atoms with Crippen LogP contribution in [0.4, 0.5) is 34.6 Å². The van der Waals surface area contributed by atoms with E-state index in [-0.39, 0.29) is 16.9 Å². The predicted molar refractivity (Wildman–Crippen MR) is 116 cm³/mol. The van der Waals surface area contributed by atoms with E-state index in [9.17, 15) is 22.4 Å². The van der Waals surface area contributed by atoms with Gasteiger partial charge in [-0.1, -0.05) is 12.5 Å². The fourth-order valence-electron chi connectivity index (χ4n) is 4.14. The molecule has 2 heterocycles. The zero-order chi connectivity index (χ0) is 22.7. The lowest BCUT2D eigenvalue weighted by molar-refractivity contribution is -0.137. The summed E-state index contributed by atoms with van der Waals surface area (Å²) in [4.78, 5) is 18.5. The van der Waals surface area contributed by atoms with Gasteiger partial charge in [0.1, 0.15) is 11.7 Å². The van der Waals surface area contributed by atoms with E-state index in [1.54, 1.807) is 6.07 Å². The Bertz CT molecular complexity index is 1020.